The molecule has 0 radical (unpaired) electrons. The van der Waals surface area contributed by atoms with Crippen LogP contribution < -0.4 is 4.74 Å². The van der Waals surface area contributed by atoms with Gasteiger partial charge in [-0.05, 0) is 41.6 Å². The zero-order valence-corrected chi connectivity index (χ0v) is 18.0. The van der Waals surface area contributed by atoms with Crippen molar-refractivity contribution in [3.63, 3.8) is 0 Å². The summed E-state index contributed by atoms with van der Waals surface area (Å²) in [4.78, 5) is 20.8. The molecule has 7 heteroatoms. The van der Waals surface area contributed by atoms with E-state index in [-0.39, 0.29) is 17.6 Å². The fraction of sp³-hybridized carbons (Fsp3) is 0.208. The van der Waals surface area contributed by atoms with E-state index < -0.39 is 0 Å². The number of ether oxygens (including phenoxy) is 1. The molecule has 1 saturated heterocycles. The lowest BCUT2D eigenvalue weighted by molar-refractivity contribution is 0.0778. The van der Waals surface area contributed by atoms with E-state index in [1.807, 2.05) is 70.9 Å². The van der Waals surface area contributed by atoms with Gasteiger partial charge in [0.05, 0.1) is 17.7 Å². The van der Waals surface area contributed by atoms with Gasteiger partial charge in [0.1, 0.15) is 5.75 Å². The van der Waals surface area contributed by atoms with Gasteiger partial charge in [-0.25, -0.2) is 9.67 Å². The first-order valence-electron chi connectivity index (χ1n) is 10.2. The Morgan fingerprint density at radius 3 is 2.65 bits per heavy atom. The van der Waals surface area contributed by atoms with Gasteiger partial charge in [-0.15, -0.1) is 16.4 Å². The largest absolute Gasteiger partial charge is 0.496 e. The van der Waals surface area contributed by atoms with E-state index in [2.05, 4.69) is 16.1 Å². The number of hydrogen-bond acceptors (Lipinski definition) is 5. The second-order valence-electron chi connectivity index (χ2n) is 7.46. The summed E-state index contributed by atoms with van der Waals surface area (Å²) in [5.41, 5.74) is 2.02. The number of para-hydroxylation sites is 2. The molecule has 6 nitrogen and oxygen atoms in total. The Morgan fingerprint density at radius 2 is 1.87 bits per heavy atom. The summed E-state index contributed by atoms with van der Waals surface area (Å²) in [6.45, 7) is 1.31. The summed E-state index contributed by atoms with van der Waals surface area (Å²) in [5.74, 6) is 1.89. The Labute approximate surface area is 184 Å². The number of carbonyl (C=O) groups excluding carboxylic acids is 1. The minimum absolute atomic E-state index is 0.134. The van der Waals surface area contributed by atoms with Crippen molar-refractivity contribution in [2.75, 3.05) is 20.2 Å². The van der Waals surface area contributed by atoms with E-state index >= 15 is 0 Å². The molecule has 2 aromatic heterocycles. The molecular weight excluding hydrogens is 408 g/mol. The van der Waals surface area contributed by atoms with Gasteiger partial charge in [0, 0.05) is 19.0 Å². The first-order chi connectivity index (χ1) is 15.2. The Balaban J connectivity index is 1.44. The van der Waals surface area contributed by atoms with Crippen LogP contribution in [0.15, 0.2) is 72.1 Å². The van der Waals surface area contributed by atoms with Crippen LogP contribution in [-0.4, -0.2) is 45.8 Å². The fourth-order valence-corrected chi connectivity index (χ4v) is 4.76. The van der Waals surface area contributed by atoms with Crippen molar-refractivity contribution in [1.29, 1.82) is 0 Å². The monoisotopic (exact) mass is 430 g/mol. The molecule has 0 aliphatic carbocycles. The molecular formula is C24H22N4O2S. The van der Waals surface area contributed by atoms with Crippen molar-refractivity contribution in [2.24, 2.45) is 0 Å². The van der Waals surface area contributed by atoms with Gasteiger partial charge < -0.3 is 9.64 Å². The zero-order chi connectivity index (χ0) is 21.2. The molecule has 1 atom stereocenters. The van der Waals surface area contributed by atoms with E-state index in [0.717, 1.165) is 28.3 Å². The maximum absolute atomic E-state index is 13.3. The van der Waals surface area contributed by atoms with Crippen LogP contribution in [0.4, 0.5) is 0 Å². The molecule has 1 unspecified atom stereocenters. The van der Waals surface area contributed by atoms with E-state index in [9.17, 15) is 4.79 Å². The number of methoxy groups -OCH3 is 1. The molecule has 2 aromatic carbocycles. The Kier molecular flexibility index (Phi) is 5.26. The third kappa shape index (κ3) is 3.72. The van der Waals surface area contributed by atoms with Gasteiger partial charge in [0.25, 0.3) is 5.91 Å². The first kappa shape index (κ1) is 19.5. The highest BCUT2D eigenvalue weighted by Crippen LogP contribution is 2.34. The minimum Gasteiger partial charge on any atom is -0.496 e. The lowest BCUT2D eigenvalue weighted by Crippen LogP contribution is -2.29. The van der Waals surface area contributed by atoms with Crippen LogP contribution in [0.2, 0.25) is 0 Å². The molecule has 31 heavy (non-hydrogen) atoms. The molecule has 156 valence electrons. The number of rotatable bonds is 5. The fourth-order valence-electron chi connectivity index (χ4n) is 4.06. The van der Waals surface area contributed by atoms with E-state index in [1.165, 1.54) is 0 Å². The van der Waals surface area contributed by atoms with Crippen molar-refractivity contribution in [3.8, 4) is 22.1 Å². The van der Waals surface area contributed by atoms with Crippen LogP contribution in [-0.2, 0) is 0 Å². The molecule has 3 heterocycles. The van der Waals surface area contributed by atoms with Crippen LogP contribution in [0.1, 0.15) is 28.5 Å². The highest BCUT2D eigenvalue weighted by molar-refractivity contribution is 7.13. The predicted molar refractivity (Wildman–Crippen MR) is 121 cm³/mol. The summed E-state index contributed by atoms with van der Waals surface area (Å²) >= 11 is 1.58. The van der Waals surface area contributed by atoms with Crippen LogP contribution in [0, 0.1) is 0 Å². The SMILES string of the molecule is COc1ccccc1C1CCN(C(=O)c2nc(-c3cccs3)n(-c3ccccc3)n2)C1. The second kappa shape index (κ2) is 8.35. The van der Waals surface area contributed by atoms with Crippen molar-refractivity contribution < 1.29 is 9.53 Å². The summed E-state index contributed by atoms with van der Waals surface area (Å²) in [7, 11) is 1.68. The lowest BCUT2D eigenvalue weighted by Gasteiger charge is -2.16. The number of carbonyl (C=O) groups is 1. The minimum atomic E-state index is -0.134. The molecule has 1 aliphatic rings. The summed E-state index contributed by atoms with van der Waals surface area (Å²) in [6.07, 6.45) is 0.892. The summed E-state index contributed by atoms with van der Waals surface area (Å²) in [6, 6.07) is 21.8. The first-order valence-corrected chi connectivity index (χ1v) is 11.1. The van der Waals surface area contributed by atoms with E-state index in [4.69, 9.17) is 4.74 Å². The Hall–Kier alpha value is -3.45. The molecule has 0 saturated carbocycles. The highest BCUT2D eigenvalue weighted by Gasteiger charge is 2.32. The third-order valence-corrected chi connectivity index (χ3v) is 6.46. The molecule has 0 spiro atoms. The normalized spacial score (nSPS) is 15.9. The quantitative estimate of drug-likeness (QED) is 0.463. The summed E-state index contributed by atoms with van der Waals surface area (Å²) in [5, 5.41) is 6.61. The van der Waals surface area contributed by atoms with Gasteiger partial charge in [0.2, 0.25) is 5.82 Å². The molecule has 1 aliphatic heterocycles. The van der Waals surface area contributed by atoms with Gasteiger partial charge in [0.15, 0.2) is 5.82 Å². The standard InChI is InChI=1S/C24H22N4O2S/c1-30-20-11-6-5-10-19(20)17-13-14-27(16-17)24(29)22-25-23(21-12-7-15-31-21)28(26-22)18-8-3-2-4-9-18/h2-12,15,17H,13-14,16H2,1H3. The predicted octanol–water partition coefficient (Wildman–Crippen LogP) is 4.63. The molecule has 5 rings (SSSR count). The number of likely N-dealkylation sites (tertiary alicyclic amines) is 1. The Bertz CT molecular complexity index is 1190. The average Bonchev–Trinajstić information content (AvgIpc) is 3.59. The lowest BCUT2D eigenvalue weighted by atomic mass is 9.97. The maximum atomic E-state index is 13.3. The average molecular weight is 431 g/mol. The van der Waals surface area contributed by atoms with E-state index in [0.29, 0.717) is 18.9 Å². The van der Waals surface area contributed by atoms with Gasteiger partial charge in [-0.3, -0.25) is 4.79 Å². The number of nitrogens with zero attached hydrogens (tertiary/aromatic N) is 4. The van der Waals surface area contributed by atoms with E-state index in [1.54, 1.807) is 23.1 Å². The van der Waals surface area contributed by atoms with Crippen LogP contribution in [0.3, 0.4) is 0 Å². The maximum Gasteiger partial charge on any atom is 0.293 e. The van der Waals surface area contributed by atoms with Crippen molar-refractivity contribution >= 4 is 17.2 Å². The van der Waals surface area contributed by atoms with Gasteiger partial charge >= 0.3 is 0 Å². The van der Waals surface area contributed by atoms with Crippen LogP contribution in [0.5, 0.6) is 5.75 Å². The smallest absolute Gasteiger partial charge is 0.293 e. The molecule has 1 fully saturated rings. The second-order valence-corrected chi connectivity index (χ2v) is 8.41. The third-order valence-electron chi connectivity index (χ3n) is 5.59. The van der Waals surface area contributed by atoms with Crippen LogP contribution in [0.25, 0.3) is 16.4 Å². The zero-order valence-electron chi connectivity index (χ0n) is 17.1. The van der Waals surface area contributed by atoms with Gasteiger partial charge in [-0.2, -0.15) is 0 Å². The number of hydrogen-bond donors (Lipinski definition) is 0. The van der Waals surface area contributed by atoms with Crippen LogP contribution >= 0.6 is 11.3 Å². The number of thiophene rings is 1. The topological polar surface area (TPSA) is 60.2 Å². The van der Waals surface area contributed by atoms with Crippen molar-refractivity contribution in [2.45, 2.75) is 12.3 Å². The van der Waals surface area contributed by atoms with Gasteiger partial charge in [-0.1, -0.05) is 42.5 Å². The number of amides is 1. The van der Waals surface area contributed by atoms with Crippen molar-refractivity contribution in [1.82, 2.24) is 19.7 Å². The number of aromatic nitrogens is 3. The Morgan fingerprint density at radius 1 is 1.06 bits per heavy atom. The molecule has 0 N–H and O–H groups in total. The molecule has 0 bridgehead atoms. The molecule has 4 aromatic rings. The summed E-state index contributed by atoms with van der Waals surface area (Å²) < 4.78 is 7.27. The van der Waals surface area contributed by atoms with Crippen molar-refractivity contribution in [3.05, 3.63) is 83.5 Å². The molecule has 1 amide bonds. The highest BCUT2D eigenvalue weighted by atomic mass is 32.1. The number of benzene rings is 2.